The number of hydrogen-bond donors (Lipinski definition) is 3. The van der Waals surface area contributed by atoms with Crippen molar-refractivity contribution >= 4 is 5.91 Å². The third-order valence-corrected chi connectivity index (χ3v) is 2.54. The lowest BCUT2D eigenvalue weighted by atomic mass is 10.0. The largest absolute Gasteiger partial charge is 0.387 e. The second-order valence-electron chi connectivity index (χ2n) is 3.75. The van der Waals surface area contributed by atoms with Crippen LogP contribution in [0.25, 0.3) is 0 Å². The zero-order valence-electron chi connectivity index (χ0n) is 8.67. The van der Waals surface area contributed by atoms with E-state index in [0.29, 0.717) is 13.0 Å². The smallest absolute Gasteiger partial charge is 0.248 e. The number of carbonyl (C=O) groups is 1. The lowest BCUT2D eigenvalue weighted by Crippen LogP contribution is -2.47. The average Bonchev–Trinajstić information content (AvgIpc) is 2.61. The molecule has 0 spiro atoms. The van der Waals surface area contributed by atoms with E-state index in [-0.39, 0.29) is 12.5 Å². The number of hydrogen-bond acceptors (Lipinski definition) is 4. The fourth-order valence-electron chi connectivity index (χ4n) is 1.38. The molecule has 1 aliphatic rings. The summed E-state index contributed by atoms with van der Waals surface area (Å²) in [7, 11) is 1.48. The van der Waals surface area contributed by atoms with Crippen LogP contribution < -0.4 is 10.6 Å². The van der Waals surface area contributed by atoms with Crippen molar-refractivity contribution in [2.24, 2.45) is 0 Å². The van der Waals surface area contributed by atoms with Gasteiger partial charge in [-0.25, -0.2) is 0 Å². The minimum absolute atomic E-state index is 0.187. The molecule has 0 aromatic rings. The van der Waals surface area contributed by atoms with Crippen LogP contribution in [0.3, 0.4) is 0 Å². The summed E-state index contributed by atoms with van der Waals surface area (Å²) in [6, 6.07) is 0. The van der Waals surface area contributed by atoms with Crippen molar-refractivity contribution in [2.45, 2.75) is 25.0 Å². The van der Waals surface area contributed by atoms with Crippen LogP contribution in [0.1, 0.15) is 13.3 Å². The van der Waals surface area contributed by atoms with E-state index in [0.717, 1.165) is 6.54 Å². The molecule has 1 heterocycles. The van der Waals surface area contributed by atoms with Crippen LogP contribution in [-0.4, -0.2) is 49.5 Å². The van der Waals surface area contributed by atoms with Gasteiger partial charge in [0.2, 0.25) is 5.91 Å². The topological polar surface area (TPSA) is 70.6 Å². The molecule has 5 heteroatoms. The number of rotatable bonds is 4. The third kappa shape index (κ3) is 2.94. The van der Waals surface area contributed by atoms with E-state index < -0.39 is 11.7 Å². The number of carbonyl (C=O) groups excluding carboxylic acids is 1. The Morgan fingerprint density at radius 1 is 1.79 bits per heavy atom. The van der Waals surface area contributed by atoms with Crippen LogP contribution in [0.5, 0.6) is 0 Å². The monoisotopic (exact) mass is 202 g/mol. The molecule has 14 heavy (non-hydrogen) atoms. The maximum Gasteiger partial charge on any atom is 0.248 e. The Hall–Kier alpha value is -0.650. The van der Waals surface area contributed by atoms with Crippen LogP contribution in [0.15, 0.2) is 0 Å². The van der Waals surface area contributed by atoms with Crippen molar-refractivity contribution in [3.8, 4) is 0 Å². The molecule has 0 aliphatic carbocycles. The van der Waals surface area contributed by atoms with Crippen LogP contribution in [-0.2, 0) is 9.53 Å². The third-order valence-electron chi connectivity index (χ3n) is 2.54. The standard InChI is InChI=1S/C9H18N2O3/c1-7(14-2)8(12)11-6-9(13)3-4-10-5-9/h7,10,13H,3-6H2,1-2H3,(H,11,12). The van der Waals surface area contributed by atoms with Crippen LogP contribution >= 0.6 is 0 Å². The van der Waals surface area contributed by atoms with Crippen molar-refractivity contribution in [3.63, 3.8) is 0 Å². The first-order valence-electron chi connectivity index (χ1n) is 4.81. The maximum absolute atomic E-state index is 11.3. The van der Waals surface area contributed by atoms with Gasteiger partial charge in [0.15, 0.2) is 0 Å². The number of β-amino-alcohol motifs (C(OH)–C–C–N with tert-alkyl or cyclic N) is 1. The number of ether oxygens (including phenoxy) is 1. The van der Waals surface area contributed by atoms with Gasteiger partial charge in [0.1, 0.15) is 6.10 Å². The normalized spacial score (nSPS) is 28.8. The summed E-state index contributed by atoms with van der Waals surface area (Å²) in [6.45, 7) is 3.29. The molecule has 0 aromatic heterocycles. The van der Waals surface area contributed by atoms with Crippen LogP contribution in [0, 0.1) is 0 Å². The van der Waals surface area contributed by atoms with Gasteiger partial charge in [-0.15, -0.1) is 0 Å². The molecule has 1 amide bonds. The average molecular weight is 202 g/mol. The summed E-state index contributed by atoms with van der Waals surface area (Å²) in [6.07, 6.45) is 0.210. The van der Waals surface area contributed by atoms with Crippen molar-refractivity contribution in [2.75, 3.05) is 26.7 Å². The van der Waals surface area contributed by atoms with Gasteiger partial charge in [-0.2, -0.15) is 0 Å². The van der Waals surface area contributed by atoms with E-state index in [1.165, 1.54) is 7.11 Å². The Kier molecular flexibility index (Phi) is 3.86. The van der Waals surface area contributed by atoms with Gasteiger partial charge in [0, 0.05) is 20.2 Å². The second-order valence-corrected chi connectivity index (χ2v) is 3.75. The number of amides is 1. The molecule has 5 nitrogen and oxygen atoms in total. The Labute approximate surface area is 83.8 Å². The summed E-state index contributed by atoms with van der Waals surface area (Å²) in [5, 5.41) is 15.6. The maximum atomic E-state index is 11.3. The molecule has 1 aliphatic heterocycles. The van der Waals surface area contributed by atoms with E-state index >= 15 is 0 Å². The fourth-order valence-corrected chi connectivity index (χ4v) is 1.38. The molecular weight excluding hydrogens is 184 g/mol. The van der Waals surface area contributed by atoms with E-state index in [4.69, 9.17) is 4.74 Å². The summed E-state index contributed by atoms with van der Waals surface area (Å²) >= 11 is 0. The Morgan fingerprint density at radius 3 is 3.00 bits per heavy atom. The van der Waals surface area contributed by atoms with Gasteiger partial charge in [-0.05, 0) is 19.9 Å². The van der Waals surface area contributed by atoms with E-state index in [9.17, 15) is 9.90 Å². The van der Waals surface area contributed by atoms with Crippen molar-refractivity contribution in [1.29, 1.82) is 0 Å². The predicted octanol–water partition coefficient (Wildman–Crippen LogP) is -1.14. The highest BCUT2D eigenvalue weighted by molar-refractivity contribution is 5.80. The van der Waals surface area contributed by atoms with Gasteiger partial charge < -0.3 is 20.5 Å². The van der Waals surface area contributed by atoms with Crippen LogP contribution in [0.4, 0.5) is 0 Å². The molecule has 82 valence electrons. The molecule has 3 N–H and O–H groups in total. The zero-order valence-corrected chi connectivity index (χ0v) is 8.67. The fraction of sp³-hybridized carbons (Fsp3) is 0.889. The summed E-state index contributed by atoms with van der Waals surface area (Å²) in [5.41, 5.74) is -0.789. The first-order valence-corrected chi connectivity index (χ1v) is 4.81. The highest BCUT2D eigenvalue weighted by Gasteiger charge is 2.31. The van der Waals surface area contributed by atoms with E-state index in [2.05, 4.69) is 10.6 Å². The lowest BCUT2D eigenvalue weighted by molar-refractivity contribution is -0.131. The zero-order chi connectivity index (χ0) is 10.6. The number of methoxy groups -OCH3 is 1. The number of nitrogens with one attached hydrogen (secondary N) is 2. The first-order chi connectivity index (χ1) is 6.57. The Morgan fingerprint density at radius 2 is 2.50 bits per heavy atom. The SMILES string of the molecule is COC(C)C(=O)NCC1(O)CCNC1. The molecule has 0 bridgehead atoms. The van der Waals surface area contributed by atoms with Gasteiger partial charge in [-0.3, -0.25) is 4.79 Å². The van der Waals surface area contributed by atoms with Gasteiger partial charge in [-0.1, -0.05) is 0 Å². The van der Waals surface area contributed by atoms with Gasteiger partial charge in [0.05, 0.1) is 5.60 Å². The Balaban J connectivity index is 2.29. The van der Waals surface area contributed by atoms with Crippen molar-refractivity contribution in [1.82, 2.24) is 10.6 Å². The molecule has 2 atom stereocenters. The highest BCUT2D eigenvalue weighted by atomic mass is 16.5. The van der Waals surface area contributed by atoms with Crippen molar-refractivity contribution < 1.29 is 14.6 Å². The molecule has 2 unspecified atom stereocenters. The molecule has 1 saturated heterocycles. The van der Waals surface area contributed by atoms with E-state index in [1.54, 1.807) is 6.92 Å². The minimum Gasteiger partial charge on any atom is -0.387 e. The Bertz CT molecular complexity index is 202. The second kappa shape index (κ2) is 4.72. The predicted molar refractivity (Wildman–Crippen MR) is 51.9 cm³/mol. The summed E-state index contributed by atoms with van der Waals surface area (Å²) < 4.78 is 4.85. The molecular formula is C9H18N2O3. The number of aliphatic hydroxyl groups is 1. The molecule has 1 fully saturated rings. The van der Waals surface area contributed by atoms with E-state index in [1.807, 2.05) is 0 Å². The highest BCUT2D eigenvalue weighted by Crippen LogP contribution is 2.12. The van der Waals surface area contributed by atoms with Crippen LogP contribution in [0.2, 0.25) is 0 Å². The summed E-state index contributed by atoms with van der Waals surface area (Å²) in [5.74, 6) is -0.187. The quantitative estimate of drug-likeness (QED) is 0.539. The lowest BCUT2D eigenvalue weighted by Gasteiger charge is -2.22. The minimum atomic E-state index is -0.789. The molecule has 0 saturated carbocycles. The summed E-state index contributed by atoms with van der Waals surface area (Å²) in [4.78, 5) is 11.3. The first kappa shape index (κ1) is 11.4. The molecule has 0 radical (unpaired) electrons. The van der Waals surface area contributed by atoms with Gasteiger partial charge in [0.25, 0.3) is 0 Å². The molecule has 1 rings (SSSR count). The van der Waals surface area contributed by atoms with Crippen molar-refractivity contribution in [3.05, 3.63) is 0 Å². The molecule has 0 aromatic carbocycles. The van der Waals surface area contributed by atoms with Gasteiger partial charge >= 0.3 is 0 Å².